The molecule has 0 unspecified atom stereocenters. The highest BCUT2D eigenvalue weighted by molar-refractivity contribution is 6.07. The lowest BCUT2D eigenvalue weighted by atomic mass is 9.95. The highest BCUT2D eigenvalue weighted by Gasteiger charge is 2.32. The van der Waals surface area contributed by atoms with E-state index in [0.29, 0.717) is 29.3 Å². The van der Waals surface area contributed by atoms with Crippen LogP contribution in [0.1, 0.15) is 51.4 Å². The summed E-state index contributed by atoms with van der Waals surface area (Å²) in [5.74, 6) is 0.592. The second-order valence-electron chi connectivity index (χ2n) is 11.4. The number of carbonyl (C=O) groups excluding carboxylic acids is 1. The van der Waals surface area contributed by atoms with E-state index in [1.54, 1.807) is 11.1 Å². The number of aliphatic hydroxyl groups is 1. The fourth-order valence-corrected chi connectivity index (χ4v) is 6.75. The number of amides is 1. The van der Waals surface area contributed by atoms with Gasteiger partial charge in [-0.25, -0.2) is 0 Å². The summed E-state index contributed by atoms with van der Waals surface area (Å²) in [7, 11) is 2.08. The molecule has 212 valence electrons. The monoisotopic (exact) mass is 553 g/mol. The van der Waals surface area contributed by atoms with Gasteiger partial charge in [0.25, 0.3) is 11.5 Å². The second-order valence-corrected chi connectivity index (χ2v) is 11.4. The van der Waals surface area contributed by atoms with Gasteiger partial charge in [-0.15, -0.1) is 0 Å². The van der Waals surface area contributed by atoms with E-state index < -0.39 is 0 Å². The summed E-state index contributed by atoms with van der Waals surface area (Å²) < 4.78 is 4.18. The van der Waals surface area contributed by atoms with E-state index >= 15 is 0 Å². The molecule has 1 amide bonds. The number of carbonyl (C=O) groups is 1. The number of benzene rings is 1. The van der Waals surface area contributed by atoms with Crippen molar-refractivity contribution >= 4 is 23.1 Å². The van der Waals surface area contributed by atoms with Crippen molar-refractivity contribution in [1.29, 1.82) is 0 Å². The smallest absolute Gasteiger partial charge is 0.274 e. The predicted molar refractivity (Wildman–Crippen MR) is 158 cm³/mol. The average molecular weight is 554 g/mol. The Balaban J connectivity index is 1.24. The van der Waals surface area contributed by atoms with E-state index in [9.17, 15) is 14.7 Å². The molecule has 3 aliphatic rings. The lowest BCUT2D eigenvalue weighted by Crippen LogP contribution is -2.41. The molecule has 3 N–H and O–H groups in total. The number of aliphatic hydroxyl groups excluding tert-OH is 1. The van der Waals surface area contributed by atoms with Crippen LogP contribution in [0.4, 0.5) is 17.2 Å². The number of H-pyrrole nitrogens is 1. The molecule has 0 bridgehead atoms. The normalized spacial score (nSPS) is 16.9. The molecule has 10 nitrogen and oxygen atoms in total. The van der Waals surface area contributed by atoms with Crippen LogP contribution >= 0.6 is 0 Å². The maximum atomic E-state index is 13.8. The number of hydrogen-bond donors (Lipinski definition) is 3. The van der Waals surface area contributed by atoms with Gasteiger partial charge in [-0.05, 0) is 68.5 Å². The zero-order valence-electron chi connectivity index (χ0n) is 23.5. The van der Waals surface area contributed by atoms with Crippen molar-refractivity contribution in [3.05, 3.63) is 80.7 Å². The first-order valence-corrected chi connectivity index (χ1v) is 14.4. The molecule has 41 heavy (non-hydrogen) atoms. The number of fused-ring (bicyclic) bond motifs is 4. The minimum absolute atomic E-state index is 0.0348. The van der Waals surface area contributed by atoms with Crippen LogP contribution in [0.2, 0.25) is 0 Å². The van der Waals surface area contributed by atoms with Gasteiger partial charge in [0.1, 0.15) is 11.4 Å². The molecule has 7 rings (SSSR count). The van der Waals surface area contributed by atoms with Crippen molar-refractivity contribution in [2.75, 3.05) is 30.4 Å². The quantitative estimate of drug-likeness (QED) is 0.349. The summed E-state index contributed by atoms with van der Waals surface area (Å²) in [5.41, 5.74) is 8.28. The Morgan fingerprint density at radius 3 is 2.76 bits per heavy atom. The molecular formula is C31H35N7O3. The molecule has 1 aromatic carbocycles. The minimum Gasteiger partial charge on any atom is -0.392 e. The third kappa shape index (κ3) is 4.29. The number of aryl methyl sites for hydroxylation is 1. The zero-order chi connectivity index (χ0) is 28.2. The van der Waals surface area contributed by atoms with Gasteiger partial charge in [-0.3, -0.25) is 19.2 Å². The fraction of sp³-hybridized carbons (Fsp3) is 0.387. The molecule has 0 fully saturated rings. The van der Waals surface area contributed by atoms with Crippen molar-refractivity contribution in [1.82, 2.24) is 24.2 Å². The first kappa shape index (κ1) is 25.8. The third-order valence-corrected chi connectivity index (χ3v) is 8.91. The standard InChI is InChI=1S/C31H35N7O3/c1-19-23(16-32-30(40)29(19)33-28-15-21-17-35(2)10-13-38(21)34-28)22-7-5-9-26(24(22)18-39)37-12-11-36-25-8-4-3-6-20(25)14-27(36)31(37)41/h5,7,9,14-16,39H,3-4,6,8,10-13,17-18H2,1-2H3,(H,32,40)(H,33,34). The van der Waals surface area contributed by atoms with Crippen LogP contribution in [-0.4, -0.2) is 55.4 Å². The Labute approximate surface area is 238 Å². The molecule has 4 aromatic rings. The Bertz CT molecular complexity index is 1730. The topological polar surface area (TPSA) is 111 Å². The number of nitrogens with one attached hydrogen (secondary N) is 2. The van der Waals surface area contributed by atoms with Crippen molar-refractivity contribution in [3.63, 3.8) is 0 Å². The SMILES string of the molecule is Cc1c(-c2cccc(N3CCn4c(cc5c4CCCC5)C3=O)c2CO)c[nH]c(=O)c1Nc1cc2n(n1)CCN(C)C2. The Kier molecular flexibility index (Phi) is 6.32. The number of likely N-dealkylation sites (N-methyl/N-ethyl adjacent to an activating group) is 1. The molecule has 0 spiro atoms. The average Bonchev–Trinajstić information content (AvgIpc) is 3.56. The number of pyridine rings is 1. The number of rotatable bonds is 5. The molecule has 0 saturated heterocycles. The van der Waals surface area contributed by atoms with Crippen LogP contribution < -0.4 is 15.8 Å². The number of nitrogens with zero attached hydrogens (tertiary/aromatic N) is 5. The zero-order valence-corrected chi connectivity index (χ0v) is 23.5. The molecule has 0 saturated carbocycles. The molecular weight excluding hydrogens is 518 g/mol. The molecule has 1 aliphatic carbocycles. The van der Waals surface area contributed by atoms with Gasteiger partial charge in [0, 0.05) is 55.3 Å². The highest BCUT2D eigenvalue weighted by atomic mass is 16.3. The van der Waals surface area contributed by atoms with Gasteiger partial charge in [0.15, 0.2) is 5.82 Å². The van der Waals surface area contributed by atoms with E-state index in [1.807, 2.05) is 35.9 Å². The van der Waals surface area contributed by atoms with E-state index in [4.69, 9.17) is 0 Å². The lowest BCUT2D eigenvalue weighted by molar-refractivity contribution is 0.0964. The van der Waals surface area contributed by atoms with E-state index in [-0.39, 0.29) is 18.1 Å². The fourth-order valence-electron chi connectivity index (χ4n) is 6.75. The van der Waals surface area contributed by atoms with Crippen molar-refractivity contribution in [3.8, 4) is 11.1 Å². The maximum absolute atomic E-state index is 13.8. The Morgan fingerprint density at radius 1 is 1.05 bits per heavy atom. The molecule has 3 aromatic heterocycles. The van der Waals surface area contributed by atoms with Gasteiger partial charge < -0.3 is 24.9 Å². The summed E-state index contributed by atoms with van der Waals surface area (Å²) >= 11 is 0. The molecule has 5 heterocycles. The summed E-state index contributed by atoms with van der Waals surface area (Å²) in [6, 6.07) is 9.80. The number of aromatic nitrogens is 4. The molecule has 0 radical (unpaired) electrons. The van der Waals surface area contributed by atoms with Crippen LogP contribution in [0.3, 0.4) is 0 Å². The van der Waals surface area contributed by atoms with E-state index in [0.717, 1.165) is 67.1 Å². The van der Waals surface area contributed by atoms with Crippen LogP contribution in [0, 0.1) is 6.92 Å². The largest absolute Gasteiger partial charge is 0.392 e. The van der Waals surface area contributed by atoms with Gasteiger partial charge in [-0.1, -0.05) is 12.1 Å². The first-order chi connectivity index (χ1) is 19.9. The van der Waals surface area contributed by atoms with Gasteiger partial charge in [0.05, 0.1) is 24.5 Å². The van der Waals surface area contributed by atoms with Gasteiger partial charge in [0.2, 0.25) is 0 Å². The molecule has 2 aliphatic heterocycles. The molecule has 0 atom stereocenters. The van der Waals surface area contributed by atoms with Crippen LogP contribution in [0.25, 0.3) is 11.1 Å². The van der Waals surface area contributed by atoms with Crippen LogP contribution in [0.5, 0.6) is 0 Å². The highest BCUT2D eigenvalue weighted by Crippen LogP contribution is 2.37. The summed E-state index contributed by atoms with van der Waals surface area (Å²) in [4.78, 5) is 33.6. The van der Waals surface area contributed by atoms with Crippen molar-refractivity contribution < 1.29 is 9.90 Å². The third-order valence-electron chi connectivity index (χ3n) is 8.91. The minimum atomic E-state index is -0.244. The maximum Gasteiger partial charge on any atom is 0.274 e. The van der Waals surface area contributed by atoms with E-state index in [2.05, 4.69) is 38.0 Å². The summed E-state index contributed by atoms with van der Waals surface area (Å²) in [6.45, 7) is 5.47. The first-order valence-electron chi connectivity index (χ1n) is 14.4. The Morgan fingerprint density at radius 2 is 1.90 bits per heavy atom. The molecule has 10 heteroatoms. The number of anilines is 3. The van der Waals surface area contributed by atoms with Crippen molar-refractivity contribution in [2.45, 2.75) is 58.8 Å². The van der Waals surface area contributed by atoms with Crippen LogP contribution in [-0.2, 0) is 39.1 Å². The van der Waals surface area contributed by atoms with Crippen molar-refractivity contribution in [2.24, 2.45) is 0 Å². The predicted octanol–water partition coefficient (Wildman–Crippen LogP) is 3.57. The second kappa shape index (κ2) is 10.0. The van der Waals surface area contributed by atoms with Crippen LogP contribution in [0.15, 0.2) is 41.3 Å². The number of hydrogen-bond acceptors (Lipinski definition) is 6. The van der Waals surface area contributed by atoms with Gasteiger partial charge >= 0.3 is 0 Å². The van der Waals surface area contributed by atoms with E-state index in [1.165, 1.54) is 24.1 Å². The Hall–Kier alpha value is -4.15. The van der Waals surface area contributed by atoms with Gasteiger partial charge in [-0.2, -0.15) is 5.10 Å². The lowest BCUT2D eigenvalue weighted by Gasteiger charge is -2.31. The number of aromatic amines is 1. The summed E-state index contributed by atoms with van der Waals surface area (Å²) in [6.07, 6.45) is 6.08. The summed E-state index contributed by atoms with van der Waals surface area (Å²) in [5, 5.41) is 18.5.